The fraction of sp³-hybridized carbons (Fsp3) is 0.900. The van der Waals surface area contributed by atoms with Crippen LogP contribution >= 0.6 is 0 Å². The quantitative estimate of drug-likeness (QED) is 0.651. The molecular weight excluding hydrogens is 166 g/mol. The fourth-order valence-corrected chi connectivity index (χ4v) is 2.80. The first-order chi connectivity index (χ1) is 6.15. The molecule has 13 heavy (non-hydrogen) atoms. The van der Waals surface area contributed by atoms with Gasteiger partial charge in [-0.15, -0.1) is 0 Å². The molecule has 0 saturated heterocycles. The maximum absolute atomic E-state index is 11.3. The summed E-state index contributed by atoms with van der Waals surface area (Å²) in [7, 11) is 0. The van der Waals surface area contributed by atoms with Gasteiger partial charge in [-0.3, -0.25) is 4.79 Å². The molecule has 0 heterocycles. The van der Waals surface area contributed by atoms with E-state index in [-0.39, 0.29) is 11.9 Å². The molecule has 3 heteroatoms. The molecule has 0 radical (unpaired) electrons. The van der Waals surface area contributed by atoms with Gasteiger partial charge in [0.1, 0.15) is 0 Å². The van der Waals surface area contributed by atoms with Gasteiger partial charge in [-0.25, -0.2) is 0 Å². The highest BCUT2D eigenvalue weighted by molar-refractivity contribution is 5.73. The molecular formula is C10H17NO2. The van der Waals surface area contributed by atoms with Gasteiger partial charge in [-0.05, 0) is 38.0 Å². The van der Waals surface area contributed by atoms with Crippen molar-refractivity contribution < 1.29 is 9.53 Å². The molecule has 0 aromatic heterocycles. The van der Waals surface area contributed by atoms with Gasteiger partial charge in [0.2, 0.25) is 0 Å². The molecule has 2 rings (SSSR count). The van der Waals surface area contributed by atoms with Crippen LogP contribution in [0.4, 0.5) is 0 Å². The monoisotopic (exact) mass is 183 g/mol. The Morgan fingerprint density at radius 2 is 2.08 bits per heavy atom. The van der Waals surface area contributed by atoms with Crippen molar-refractivity contribution in [2.45, 2.75) is 38.6 Å². The topological polar surface area (TPSA) is 52.3 Å². The highest BCUT2D eigenvalue weighted by atomic mass is 16.5. The fourth-order valence-electron chi connectivity index (χ4n) is 2.80. The number of hydrogen-bond donors (Lipinski definition) is 1. The number of hydrogen-bond acceptors (Lipinski definition) is 3. The third-order valence-electron chi connectivity index (χ3n) is 3.37. The van der Waals surface area contributed by atoms with E-state index in [1.165, 1.54) is 0 Å². The number of rotatable bonds is 2. The first-order valence-corrected chi connectivity index (χ1v) is 5.07. The predicted octanol–water partition coefficient (Wildman–Crippen LogP) is 1.07. The molecule has 0 aromatic carbocycles. The number of carbonyl (C=O) groups is 1. The minimum atomic E-state index is -0.00593. The van der Waals surface area contributed by atoms with E-state index in [1.807, 2.05) is 6.92 Å². The van der Waals surface area contributed by atoms with Crippen molar-refractivity contribution in [3.8, 4) is 0 Å². The zero-order valence-corrected chi connectivity index (χ0v) is 8.08. The summed E-state index contributed by atoms with van der Waals surface area (Å²) in [6.45, 7) is 2.35. The van der Waals surface area contributed by atoms with E-state index in [0.717, 1.165) is 25.7 Å². The molecule has 3 nitrogen and oxygen atoms in total. The second kappa shape index (κ2) is 2.98. The van der Waals surface area contributed by atoms with Crippen LogP contribution in [0.15, 0.2) is 0 Å². The van der Waals surface area contributed by atoms with Crippen LogP contribution in [0.25, 0.3) is 0 Å². The van der Waals surface area contributed by atoms with Gasteiger partial charge < -0.3 is 10.5 Å². The van der Waals surface area contributed by atoms with Crippen LogP contribution in [0.3, 0.4) is 0 Å². The molecule has 0 atom stereocenters. The number of esters is 1. The second-order valence-electron chi connectivity index (χ2n) is 4.53. The van der Waals surface area contributed by atoms with Crippen molar-refractivity contribution in [3.63, 3.8) is 0 Å². The lowest BCUT2D eigenvalue weighted by Gasteiger charge is -2.56. The number of ether oxygens (including phenoxy) is 1. The molecule has 2 aliphatic carbocycles. The molecule has 2 fully saturated rings. The van der Waals surface area contributed by atoms with E-state index in [0.29, 0.717) is 18.1 Å². The second-order valence-corrected chi connectivity index (χ2v) is 4.53. The van der Waals surface area contributed by atoms with Gasteiger partial charge in [0.15, 0.2) is 0 Å². The van der Waals surface area contributed by atoms with Crippen LogP contribution in [-0.4, -0.2) is 18.6 Å². The molecule has 0 aromatic rings. The standard InChI is InChI=1S/C10H17NO2/c1-2-13-9(12)7-3-10(4-7)5-8(11)6-10/h7-8H,2-6,11H2,1H3. The van der Waals surface area contributed by atoms with Crippen molar-refractivity contribution in [2.24, 2.45) is 17.1 Å². The van der Waals surface area contributed by atoms with Gasteiger partial charge >= 0.3 is 5.97 Å². The molecule has 0 unspecified atom stereocenters. The van der Waals surface area contributed by atoms with Crippen LogP contribution < -0.4 is 5.73 Å². The van der Waals surface area contributed by atoms with Crippen LogP contribution in [0, 0.1) is 11.3 Å². The summed E-state index contributed by atoms with van der Waals surface area (Å²) >= 11 is 0. The van der Waals surface area contributed by atoms with Gasteiger partial charge in [0.05, 0.1) is 12.5 Å². The highest BCUT2D eigenvalue weighted by Gasteiger charge is 2.54. The Kier molecular flexibility index (Phi) is 2.06. The predicted molar refractivity (Wildman–Crippen MR) is 49.0 cm³/mol. The Morgan fingerprint density at radius 1 is 1.46 bits per heavy atom. The summed E-state index contributed by atoms with van der Waals surface area (Å²) in [5.41, 5.74) is 6.17. The largest absolute Gasteiger partial charge is 0.466 e. The molecule has 2 saturated carbocycles. The van der Waals surface area contributed by atoms with Gasteiger partial charge in [-0.1, -0.05) is 0 Å². The van der Waals surface area contributed by atoms with Crippen LogP contribution in [-0.2, 0) is 9.53 Å². The molecule has 2 N–H and O–H groups in total. The maximum atomic E-state index is 11.3. The van der Waals surface area contributed by atoms with Crippen molar-refractivity contribution in [3.05, 3.63) is 0 Å². The summed E-state index contributed by atoms with van der Waals surface area (Å²) in [6.07, 6.45) is 4.25. The zero-order valence-electron chi connectivity index (χ0n) is 8.08. The third-order valence-corrected chi connectivity index (χ3v) is 3.37. The molecule has 0 bridgehead atoms. The van der Waals surface area contributed by atoms with E-state index >= 15 is 0 Å². The first-order valence-electron chi connectivity index (χ1n) is 5.07. The minimum Gasteiger partial charge on any atom is -0.466 e. The Morgan fingerprint density at radius 3 is 2.54 bits per heavy atom. The lowest BCUT2D eigenvalue weighted by molar-refractivity contribution is -0.161. The Labute approximate surface area is 78.6 Å². The molecule has 0 aliphatic heterocycles. The summed E-state index contributed by atoms with van der Waals surface area (Å²) in [6, 6.07) is 0.392. The summed E-state index contributed by atoms with van der Waals surface area (Å²) in [5, 5.41) is 0. The Hall–Kier alpha value is -0.570. The minimum absolute atomic E-state index is 0.00593. The third kappa shape index (κ3) is 1.46. The Bertz CT molecular complexity index is 213. The van der Waals surface area contributed by atoms with Crippen LogP contribution in [0.1, 0.15) is 32.6 Å². The number of carbonyl (C=O) groups excluding carboxylic acids is 1. The molecule has 0 amide bonds. The first kappa shape index (κ1) is 9.00. The summed E-state index contributed by atoms with van der Waals surface area (Å²) in [4.78, 5) is 11.3. The van der Waals surface area contributed by atoms with Crippen molar-refractivity contribution in [1.29, 1.82) is 0 Å². The SMILES string of the molecule is CCOC(=O)C1CC2(CC(N)C2)C1. The maximum Gasteiger partial charge on any atom is 0.308 e. The van der Waals surface area contributed by atoms with E-state index in [4.69, 9.17) is 10.5 Å². The normalized spacial score (nSPS) is 42.3. The summed E-state index contributed by atoms with van der Waals surface area (Å²) < 4.78 is 4.96. The van der Waals surface area contributed by atoms with Gasteiger partial charge in [0, 0.05) is 6.04 Å². The summed E-state index contributed by atoms with van der Waals surface area (Å²) in [5.74, 6) is 0.168. The average Bonchev–Trinajstić information content (AvgIpc) is 1.94. The number of nitrogens with two attached hydrogens (primary N) is 1. The van der Waals surface area contributed by atoms with Crippen molar-refractivity contribution in [1.82, 2.24) is 0 Å². The lowest BCUT2D eigenvalue weighted by Crippen LogP contribution is -2.55. The van der Waals surface area contributed by atoms with Crippen molar-refractivity contribution in [2.75, 3.05) is 6.61 Å². The van der Waals surface area contributed by atoms with E-state index in [1.54, 1.807) is 0 Å². The highest BCUT2D eigenvalue weighted by Crippen LogP contribution is 2.58. The van der Waals surface area contributed by atoms with Crippen LogP contribution in [0.2, 0.25) is 0 Å². The smallest absolute Gasteiger partial charge is 0.308 e. The van der Waals surface area contributed by atoms with Crippen LogP contribution in [0.5, 0.6) is 0 Å². The molecule has 74 valence electrons. The average molecular weight is 183 g/mol. The van der Waals surface area contributed by atoms with E-state index in [2.05, 4.69) is 0 Å². The van der Waals surface area contributed by atoms with Crippen molar-refractivity contribution >= 4 is 5.97 Å². The molecule has 1 spiro atoms. The van der Waals surface area contributed by atoms with Gasteiger partial charge in [-0.2, -0.15) is 0 Å². The molecule has 2 aliphatic rings. The Balaban J connectivity index is 1.75. The lowest BCUT2D eigenvalue weighted by atomic mass is 9.50. The van der Waals surface area contributed by atoms with Gasteiger partial charge in [0.25, 0.3) is 0 Å². The zero-order chi connectivity index (χ0) is 9.47. The van der Waals surface area contributed by atoms with E-state index < -0.39 is 0 Å². The van der Waals surface area contributed by atoms with E-state index in [9.17, 15) is 4.79 Å².